The van der Waals surface area contributed by atoms with Gasteiger partial charge in [0.25, 0.3) is 0 Å². The smallest absolute Gasteiger partial charge is 0.420 e. The molecule has 2 rings (SSSR count). The van der Waals surface area contributed by atoms with Crippen LogP contribution in [0.25, 0.3) is 11.1 Å². The van der Waals surface area contributed by atoms with Gasteiger partial charge in [0.15, 0.2) is 12.2 Å². The number of nitrogens with zero attached hydrogens (tertiary/aromatic N) is 1. The predicted octanol–water partition coefficient (Wildman–Crippen LogP) is 1.64. The van der Waals surface area contributed by atoms with Crippen LogP contribution < -0.4 is 10.5 Å². The topological polar surface area (TPSA) is 81.7 Å². The zero-order valence-electron chi connectivity index (χ0n) is 10.0. The van der Waals surface area contributed by atoms with Crippen molar-refractivity contribution in [1.29, 1.82) is 0 Å². The number of fused-ring (bicyclic) bond motifs is 1. The van der Waals surface area contributed by atoms with Gasteiger partial charge in [-0.15, -0.1) is 0 Å². The molecule has 1 aromatic heterocycles. The number of aromatic nitrogens is 1. The molecule has 0 radical (unpaired) electrons. The molecule has 0 fully saturated rings. The molecule has 0 atom stereocenters. The van der Waals surface area contributed by atoms with E-state index in [0.717, 1.165) is 0 Å². The number of carboxylic acids is 1. The van der Waals surface area contributed by atoms with Crippen molar-refractivity contribution < 1.29 is 19.1 Å². The molecular weight excluding hydrogens is 238 g/mol. The van der Waals surface area contributed by atoms with Gasteiger partial charge >= 0.3 is 11.7 Å². The van der Waals surface area contributed by atoms with Gasteiger partial charge in [0, 0.05) is 12.1 Å². The first-order valence-corrected chi connectivity index (χ1v) is 5.48. The average Bonchev–Trinajstić information content (AvgIpc) is 2.61. The van der Waals surface area contributed by atoms with E-state index >= 15 is 0 Å². The number of carbonyl (C=O) groups is 1. The van der Waals surface area contributed by atoms with Crippen molar-refractivity contribution in [2.75, 3.05) is 6.61 Å². The lowest BCUT2D eigenvalue weighted by molar-refractivity contribution is -0.139. The minimum Gasteiger partial charge on any atom is -0.482 e. The Kier molecular flexibility index (Phi) is 3.10. The van der Waals surface area contributed by atoms with Gasteiger partial charge in [0.1, 0.15) is 5.75 Å². The molecule has 6 heteroatoms. The summed E-state index contributed by atoms with van der Waals surface area (Å²) in [5.74, 6) is -1.14. The molecule has 18 heavy (non-hydrogen) atoms. The van der Waals surface area contributed by atoms with Crippen molar-refractivity contribution in [2.45, 2.75) is 19.9 Å². The second-order valence-corrected chi connectivity index (χ2v) is 4.14. The van der Waals surface area contributed by atoms with E-state index in [2.05, 4.69) is 0 Å². The van der Waals surface area contributed by atoms with Gasteiger partial charge < -0.3 is 14.3 Å². The molecular formula is C12H13NO5. The lowest BCUT2D eigenvalue weighted by Gasteiger charge is -2.06. The molecule has 0 saturated heterocycles. The van der Waals surface area contributed by atoms with E-state index in [-0.39, 0.29) is 6.04 Å². The molecule has 1 heterocycles. The van der Waals surface area contributed by atoms with Crippen LogP contribution in [0.5, 0.6) is 5.75 Å². The molecule has 0 saturated carbocycles. The van der Waals surface area contributed by atoms with E-state index in [1.807, 2.05) is 13.8 Å². The maximum absolute atomic E-state index is 11.6. The minimum absolute atomic E-state index is 0.00969. The number of carboxylic acid groups (broad SMARTS) is 1. The van der Waals surface area contributed by atoms with Crippen molar-refractivity contribution in [1.82, 2.24) is 4.57 Å². The van der Waals surface area contributed by atoms with Gasteiger partial charge in [0.05, 0.1) is 5.52 Å². The van der Waals surface area contributed by atoms with E-state index in [1.54, 1.807) is 12.1 Å². The second-order valence-electron chi connectivity index (χ2n) is 4.14. The molecule has 0 aliphatic carbocycles. The van der Waals surface area contributed by atoms with E-state index in [0.29, 0.717) is 16.8 Å². The number of hydrogen-bond acceptors (Lipinski definition) is 4. The van der Waals surface area contributed by atoms with Crippen LogP contribution in [0.1, 0.15) is 19.9 Å². The summed E-state index contributed by atoms with van der Waals surface area (Å²) >= 11 is 0. The average molecular weight is 251 g/mol. The summed E-state index contributed by atoms with van der Waals surface area (Å²) in [5, 5.41) is 8.51. The molecule has 96 valence electrons. The Balaban J connectivity index is 2.41. The minimum atomic E-state index is -1.06. The first-order chi connectivity index (χ1) is 8.49. The number of rotatable bonds is 4. The van der Waals surface area contributed by atoms with Gasteiger partial charge in [0.2, 0.25) is 0 Å². The van der Waals surface area contributed by atoms with Crippen LogP contribution in [-0.2, 0) is 4.79 Å². The van der Waals surface area contributed by atoms with Crippen molar-refractivity contribution in [2.24, 2.45) is 0 Å². The number of benzene rings is 1. The molecule has 0 amide bonds. The summed E-state index contributed by atoms with van der Waals surface area (Å²) in [6, 6.07) is 4.79. The zero-order chi connectivity index (χ0) is 13.3. The highest BCUT2D eigenvalue weighted by Crippen LogP contribution is 2.22. The van der Waals surface area contributed by atoms with Crippen LogP contribution in [0.15, 0.2) is 27.4 Å². The monoisotopic (exact) mass is 251 g/mol. The van der Waals surface area contributed by atoms with Gasteiger partial charge in [-0.05, 0) is 26.0 Å². The fourth-order valence-corrected chi connectivity index (χ4v) is 1.74. The van der Waals surface area contributed by atoms with Crippen LogP contribution in [0.2, 0.25) is 0 Å². The zero-order valence-corrected chi connectivity index (χ0v) is 10.0. The molecule has 6 nitrogen and oxygen atoms in total. The maximum atomic E-state index is 11.6. The quantitative estimate of drug-likeness (QED) is 0.893. The third-order valence-corrected chi connectivity index (χ3v) is 2.46. The SMILES string of the molecule is CC(C)n1c(=O)oc2cc(OCC(=O)O)ccc21. The highest BCUT2D eigenvalue weighted by Gasteiger charge is 2.12. The molecule has 0 aliphatic rings. The maximum Gasteiger partial charge on any atom is 0.420 e. The standard InChI is InChI=1S/C12H13NO5/c1-7(2)13-9-4-3-8(17-6-11(14)15)5-10(9)18-12(13)16/h3-5,7H,6H2,1-2H3,(H,14,15). The molecule has 1 aromatic carbocycles. The first kappa shape index (κ1) is 12.2. The number of oxazole rings is 1. The Morgan fingerprint density at radius 3 is 2.83 bits per heavy atom. The molecule has 0 aliphatic heterocycles. The Hall–Kier alpha value is -2.24. The normalized spacial score (nSPS) is 11.1. The van der Waals surface area contributed by atoms with Gasteiger partial charge in [-0.25, -0.2) is 9.59 Å². The van der Waals surface area contributed by atoms with Crippen LogP contribution >= 0.6 is 0 Å². The third kappa shape index (κ3) is 2.22. The van der Waals surface area contributed by atoms with Crippen molar-refractivity contribution in [3.8, 4) is 5.75 Å². The van der Waals surface area contributed by atoms with E-state index in [9.17, 15) is 9.59 Å². The summed E-state index contributed by atoms with van der Waals surface area (Å²) in [4.78, 5) is 22.0. The molecule has 0 bridgehead atoms. The number of ether oxygens (including phenoxy) is 1. The first-order valence-electron chi connectivity index (χ1n) is 5.48. The summed E-state index contributed by atoms with van der Waals surface area (Å²) in [7, 11) is 0. The lowest BCUT2D eigenvalue weighted by atomic mass is 10.3. The highest BCUT2D eigenvalue weighted by molar-refractivity contribution is 5.75. The van der Waals surface area contributed by atoms with Gasteiger partial charge in [-0.2, -0.15) is 0 Å². The predicted molar refractivity (Wildman–Crippen MR) is 64.0 cm³/mol. The van der Waals surface area contributed by atoms with Gasteiger partial charge in [-0.3, -0.25) is 4.57 Å². The highest BCUT2D eigenvalue weighted by atomic mass is 16.5. The Morgan fingerprint density at radius 2 is 2.22 bits per heavy atom. The molecule has 2 aromatic rings. The van der Waals surface area contributed by atoms with E-state index in [4.69, 9.17) is 14.3 Å². The van der Waals surface area contributed by atoms with Crippen molar-refractivity contribution in [3.05, 3.63) is 28.7 Å². The Morgan fingerprint density at radius 1 is 1.50 bits per heavy atom. The summed E-state index contributed by atoms with van der Waals surface area (Å²) < 4.78 is 11.6. The summed E-state index contributed by atoms with van der Waals surface area (Å²) in [6.07, 6.45) is 0. The van der Waals surface area contributed by atoms with Crippen LogP contribution in [-0.4, -0.2) is 22.2 Å². The second kappa shape index (κ2) is 4.56. The Bertz CT molecular complexity index is 637. The van der Waals surface area contributed by atoms with Crippen LogP contribution in [0.4, 0.5) is 0 Å². The van der Waals surface area contributed by atoms with Crippen molar-refractivity contribution in [3.63, 3.8) is 0 Å². The fraction of sp³-hybridized carbons (Fsp3) is 0.333. The molecule has 0 unspecified atom stereocenters. The summed E-state index contributed by atoms with van der Waals surface area (Å²) in [6.45, 7) is 3.33. The van der Waals surface area contributed by atoms with Crippen LogP contribution in [0, 0.1) is 0 Å². The fourth-order valence-electron chi connectivity index (χ4n) is 1.74. The van der Waals surface area contributed by atoms with Gasteiger partial charge in [-0.1, -0.05) is 0 Å². The largest absolute Gasteiger partial charge is 0.482 e. The summed E-state index contributed by atoms with van der Waals surface area (Å²) in [5.41, 5.74) is 1.05. The number of aliphatic carboxylic acids is 1. The molecule has 0 spiro atoms. The van der Waals surface area contributed by atoms with E-state index in [1.165, 1.54) is 10.6 Å². The molecule has 1 N–H and O–H groups in total. The van der Waals surface area contributed by atoms with E-state index < -0.39 is 18.3 Å². The van der Waals surface area contributed by atoms with Crippen LogP contribution in [0.3, 0.4) is 0 Å². The third-order valence-electron chi connectivity index (χ3n) is 2.46. The Labute approximate surface area is 102 Å². The lowest BCUT2D eigenvalue weighted by Crippen LogP contribution is -2.15. The number of hydrogen-bond donors (Lipinski definition) is 1. The van der Waals surface area contributed by atoms with Crippen molar-refractivity contribution >= 4 is 17.1 Å².